The van der Waals surface area contributed by atoms with Gasteiger partial charge in [0.05, 0.1) is 0 Å². The second-order valence-electron chi connectivity index (χ2n) is 4.80. The van der Waals surface area contributed by atoms with Crippen molar-refractivity contribution in [3.63, 3.8) is 0 Å². The maximum atomic E-state index is 6.00. The van der Waals surface area contributed by atoms with Crippen molar-refractivity contribution in [2.24, 2.45) is 11.7 Å². The summed E-state index contributed by atoms with van der Waals surface area (Å²) in [5.74, 6) is 0.815. The predicted octanol–water partition coefficient (Wildman–Crippen LogP) is 1.60. The fraction of sp³-hybridized carbons (Fsp3) is 1.00. The third-order valence-electron chi connectivity index (χ3n) is 4.25. The van der Waals surface area contributed by atoms with Crippen LogP contribution in [0.5, 0.6) is 0 Å². The van der Waals surface area contributed by atoms with Crippen LogP contribution in [0.1, 0.15) is 39.0 Å². The molecule has 13 heavy (non-hydrogen) atoms. The molecule has 2 atom stereocenters. The highest BCUT2D eigenvalue weighted by Crippen LogP contribution is 2.40. The summed E-state index contributed by atoms with van der Waals surface area (Å²) in [4.78, 5) is 2.67. The summed E-state index contributed by atoms with van der Waals surface area (Å²) in [5, 5.41) is 0. The Morgan fingerprint density at radius 3 is 2.46 bits per heavy atom. The van der Waals surface area contributed by atoms with E-state index in [0.29, 0.717) is 5.54 Å². The van der Waals surface area contributed by atoms with Crippen LogP contribution >= 0.6 is 0 Å². The van der Waals surface area contributed by atoms with Crippen LogP contribution in [0, 0.1) is 5.92 Å². The lowest BCUT2D eigenvalue weighted by Gasteiger charge is -2.41. The van der Waals surface area contributed by atoms with Gasteiger partial charge >= 0.3 is 0 Å². The van der Waals surface area contributed by atoms with E-state index >= 15 is 0 Å². The van der Waals surface area contributed by atoms with Crippen molar-refractivity contribution in [2.45, 2.75) is 44.6 Å². The van der Waals surface area contributed by atoms with E-state index in [1.165, 1.54) is 45.2 Å². The molecule has 1 aliphatic carbocycles. The SMILES string of the molecule is CC1CCCC1(CN)N1CCCC1. The minimum Gasteiger partial charge on any atom is -0.329 e. The number of hydrogen-bond acceptors (Lipinski definition) is 2. The molecule has 1 aliphatic heterocycles. The van der Waals surface area contributed by atoms with Gasteiger partial charge in [-0.15, -0.1) is 0 Å². The molecule has 2 rings (SSSR count). The van der Waals surface area contributed by atoms with Gasteiger partial charge in [0.2, 0.25) is 0 Å². The molecule has 0 aromatic carbocycles. The van der Waals surface area contributed by atoms with Gasteiger partial charge in [0.1, 0.15) is 0 Å². The van der Waals surface area contributed by atoms with Crippen LogP contribution in [-0.2, 0) is 0 Å². The van der Waals surface area contributed by atoms with Gasteiger partial charge in [-0.2, -0.15) is 0 Å². The largest absolute Gasteiger partial charge is 0.329 e. The van der Waals surface area contributed by atoms with E-state index in [1.807, 2.05) is 0 Å². The second-order valence-corrected chi connectivity index (χ2v) is 4.80. The van der Waals surface area contributed by atoms with Crippen LogP contribution in [-0.4, -0.2) is 30.1 Å². The molecule has 0 amide bonds. The van der Waals surface area contributed by atoms with Crippen molar-refractivity contribution < 1.29 is 0 Å². The average Bonchev–Trinajstić information content (AvgIpc) is 2.73. The molecule has 0 aromatic heterocycles. The molecule has 0 radical (unpaired) electrons. The summed E-state index contributed by atoms with van der Waals surface area (Å²) < 4.78 is 0. The number of nitrogens with zero attached hydrogens (tertiary/aromatic N) is 1. The molecule has 2 unspecified atom stereocenters. The van der Waals surface area contributed by atoms with Crippen molar-refractivity contribution in [3.05, 3.63) is 0 Å². The Morgan fingerprint density at radius 1 is 1.31 bits per heavy atom. The standard InChI is InChI=1S/C11H22N2/c1-10-5-4-6-11(10,9-12)13-7-2-3-8-13/h10H,2-9,12H2,1H3. The van der Waals surface area contributed by atoms with Crippen LogP contribution in [0.3, 0.4) is 0 Å². The summed E-state index contributed by atoms with van der Waals surface area (Å²) in [7, 11) is 0. The molecule has 1 saturated carbocycles. The van der Waals surface area contributed by atoms with Gasteiger partial charge in [-0.05, 0) is 44.7 Å². The lowest BCUT2D eigenvalue weighted by atomic mass is 9.86. The summed E-state index contributed by atoms with van der Waals surface area (Å²) in [6.07, 6.45) is 6.87. The molecule has 76 valence electrons. The Balaban J connectivity index is 2.13. The molecule has 0 spiro atoms. The first-order chi connectivity index (χ1) is 6.29. The minimum atomic E-state index is 0.385. The molecule has 2 fully saturated rings. The molecule has 2 heteroatoms. The summed E-state index contributed by atoms with van der Waals surface area (Å²) in [5.41, 5.74) is 6.38. The molecule has 1 saturated heterocycles. The van der Waals surface area contributed by atoms with Crippen LogP contribution < -0.4 is 5.73 Å². The molecule has 0 bridgehead atoms. The summed E-state index contributed by atoms with van der Waals surface area (Å²) >= 11 is 0. The first kappa shape index (κ1) is 9.47. The fourth-order valence-electron chi connectivity index (χ4n) is 3.29. The Kier molecular flexibility index (Phi) is 2.61. The Hall–Kier alpha value is -0.0800. The Morgan fingerprint density at radius 2 is 2.00 bits per heavy atom. The zero-order valence-electron chi connectivity index (χ0n) is 8.76. The Labute approximate surface area is 81.5 Å². The van der Waals surface area contributed by atoms with Crippen LogP contribution in [0.15, 0.2) is 0 Å². The van der Waals surface area contributed by atoms with Crippen molar-refractivity contribution in [1.29, 1.82) is 0 Å². The van der Waals surface area contributed by atoms with Crippen molar-refractivity contribution in [2.75, 3.05) is 19.6 Å². The minimum absolute atomic E-state index is 0.385. The van der Waals surface area contributed by atoms with E-state index in [0.717, 1.165) is 12.5 Å². The number of nitrogens with two attached hydrogens (primary N) is 1. The zero-order valence-corrected chi connectivity index (χ0v) is 8.76. The van der Waals surface area contributed by atoms with Crippen LogP contribution in [0.4, 0.5) is 0 Å². The number of likely N-dealkylation sites (tertiary alicyclic amines) is 1. The fourth-order valence-corrected chi connectivity index (χ4v) is 3.29. The van der Waals surface area contributed by atoms with Crippen molar-refractivity contribution in [3.8, 4) is 0 Å². The van der Waals surface area contributed by atoms with Gasteiger partial charge in [-0.25, -0.2) is 0 Å². The van der Waals surface area contributed by atoms with Crippen molar-refractivity contribution >= 4 is 0 Å². The molecular formula is C11H22N2. The summed E-state index contributed by atoms with van der Waals surface area (Å²) in [6.45, 7) is 5.84. The second kappa shape index (κ2) is 3.58. The monoisotopic (exact) mass is 182 g/mol. The summed E-state index contributed by atoms with van der Waals surface area (Å²) in [6, 6.07) is 0. The van der Waals surface area contributed by atoms with Gasteiger partial charge in [0.25, 0.3) is 0 Å². The van der Waals surface area contributed by atoms with E-state index in [1.54, 1.807) is 0 Å². The smallest absolute Gasteiger partial charge is 0.0357 e. The lowest BCUT2D eigenvalue weighted by Crippen LogP contribution is -2.54. The van der Waals surface area contributed by atoms with E-state index in [4.69, 9.17) is 5.73 Å². The van der Waals surface area contributed by atoms with E-state index < -0.39 is 0 Å². The van der Waals surface area contributed by atoms with Gasteiger partial charge in [-0.1, -0.05) is 13.3 Å². The topological polar surface area (TPSA) is 29.3 Å². The molecule has 2 nitrogen and oxygen atoms in total. The van der Waals surface area contributed by atoms with E-state index in [2.05, 4.69) is 11.8 Å². The van der Waals surface area contributed by atoms with Crippen molar-refractivity contribution in [1.82, 2.24) is 4.90 Å². The normalized spacial score (nSPS) is 41.5. The maximum absolute atomic E-state index is 6.00. The van der Waals surface area contributed by atoms with Crippen LogP contribution in [0.2, 0.25) is 0 Å². The highest BCUT2D eigenvalue weighted by molar-refractivity contribution is 5.01. The average molecular weight is 182 g/mol. The maximum Gasteiger partial charge on any atom is 0.0357 e. The van der Waals surface area contributed by atoms with Gasteiger partial charge in [0, 0.05) is 12.1 Å². The Bertz CT molecular complexity index is 175. The van der Waals surface area contributed by atoms with E-state index in [9.17, 15) is 0 Å². The number of hydrogen-bond donors (Lipinski definition) is 1. The molecule has 2 aliphatic rings. The van der Waals surface area contributed by atoms with Gasteiger partial charge in [-0.3, -0.25) is 4.90 Å². The lowest BCUT2D eigenvalue weighted by molar-refractivity contribution is 0.0896. The molecule has 2 N–H and O–H groups in total. The highest BCUT2D eigenvalue weighted by Gasteiger charge is 2.44. The highest BCUT2D eigenvalue weighted by atomic mass is 15.2. The van der Waals surface area contributed by atoms with Gasteiger partial charge < -0.3 is 5.73 Å². The van der Waals surface area contributed by atoms with Gasteiger partial charge in [0.15, 0.2) is 0 Å². The quantitative estimate of drug-likeness (QED) is 0.703. The first-order valence-corrected chi connectivity index (χ1v) is 5.75. The van der Waals surface area contributed by atoms with Crippen LogP contribution in [0.25, 0.3) is 0 Å². The van der Waals surface area contributed by atoms with E-state index in [-0.39, 0.29) is 0 Å². The molecular weight excluding hydrogens is 160 g/mol. The third kappa shape index (κ3) is 1.40. The predicted molar refractivity (Wildman–Crippen MR) is 55.6 cm³/mol. The zero-order chi connectivity index (χ0) is 9.31. The number of rotatable bonds is 2. The molecule has 1 heterocycles. The third-order valence-corrected chi connectivity index (χ3v) is 4.25. The first-order valence-electron chi connectivity index (χ1n) is 5.75. The molecule has 0 aromatic rings.